The van der Waals surface area contributed by atoms with Crippen LogP contribution < -0.4 is 5.76 Å². The van der Waals surface area contributed by atoms with Gasteiger partial charge in [-0.2, -0.15) is 5.10 Å². The Labute approximate surface area is 144 Å². The van der Waals surface area contributed by atoms with Gasteiger partial charge in [0.1, 0.15) is 6.54 Å². The molecular weight excluding hydrogens is 320 g/mol. The number of nitrogens with zero attached hydrogens (tertiary/aromatic N) is 4. The lowest BCUT2D eigenvalue weighted by Crippen LogP contribution is -2.41. The van der Waals surface area contributed by atoms with Crippen LogP contribution in [-0.2, 0) is 17.9 Å². The number of carbonyl (C=O) groups is 1. The van der Waals surface area contributed by atoms with E-state index >= 15 is 0 Å². The van der Waals surface area contributed by atoms with Crippen molar-refractivity contribution < 1.29 is 9.21 Å². The van der Waals surface area contributed by atoms with Crippen LogP contribution in [0, 0.1) is 5.92 Å². The van der Waals surface area contributed by atoms with E-state index in [9.17, 15) is 9.59 Å². The second-order valence-corrected chi connectivity index (χ2v) is 6.47. The molecule has 1 aliphatic heterocycles. The number of fused-ring (bicyclic) bond motifs is 1. The highest BCUT2D eigenvalue weighted by atomic mass is 16.4. The fourth-order valence-electron chi connectivity index (χ4n) is 3.44. The van der Waals surface area contributed by atoms with Crippen molar-refractivity contribution in [3.8, 4) is 0 Å². The zero-order valence-electron chi connectivity index (χ0n) is 13.9. The normalized spacial score (nSPS) is 15.8. The van der Waals surface area contributed by atoms with Gasteiger partial charge in [0.2, 0.25) is 5.91 Å². The Morgan fingerprint density at radius 1 is 1.20 bits per heavy atom. The molecule has 0 atom stereocenters. The third-order valence-electron chi connectivity index (χ3n) is 4.84. The molecule has 1 aliphatic rings. The summed E-state index contributed by atoms with van der Waals surface area (Å²) < 4.78 is 8.54. The molecule has 0 unspecified atom stereocenters. The number of rotatable bonds is 4. The topological polar surface area (TPSA) is 73.3 Å². The molecule has 2 aromatic heterocycles. The van der Waals surface area contributed by atoms with E-state index in [0.717, 1.165) is 32.5 Å². The standard InChI is InChI=1S/C18H20N4O3/c23-17(13-22-15-4-1-2-5-16(15)25-18(22)24)20-10-6-14(7-11-20)12-21-9-3-8-19-21/h1-5,8-9,14H,6-7,10-13H2. The SMILES string of the molecule is O=C(Cn1c(=O)oc2ccccc21)N1CCC(Cn2cccn2)CC1. The molecule has 1 fully saturated rings. The van der Waals surface area contributed by atoms with Gasteiger partial charge in [-0.05, 0) is 37.0 Å². The Morgan fingerprint density at radius 3 is 2.76 bits per heavy atom. The molecule has 25 heavy (non-hydrogen) atoms. The van der Waals surface area contributed by atoms with Gasteiger partial charge in [0, 0.05) is 32.0 Å². The molecule has 0 saturated carbocycles. The second-order valence-electron chi connectivity index (χ2n) is 6.47. The number of oxazole rings is 1. The van der Waals surface area contributed by atoms with Crippen LogP contribution in [0.3, 0.4) is 0 Å². The number of carbonyl (C=O) groups excluding carboxylic acids is 1. The third kappa shape index (κ3) is 3.22. The maximum Gasteiger partial charge on any atom is 0.420 e. The van der Waals surface area contributed by atoms with Crippen LogP contribution >= 0.6 is 0 Å². The Balaban J connectivity index is 1.39. The first-order valence-electron chi connectivity index (χ1n) is 8.54. The lowest BCUT2D eigenvalue weighted by atomic mass is 9.97. The summed E-state index contributed by atoms with van der Waals surface area (Å²) in [7, 11) is 0. The van der Waals surface area contributed by atoms with Crippen molar-refractivity contribution in [3.05, 3.63) is 53.3 Å². The van der Waals surface area contributed by atoms with Gasteiger partial charge in [-0.3, -0.25) is 14.0 Å². The molecule has 0 bridgehead atoms. The minimum absolute atomic E-state index is 0.0274. The van der Waals surface area contributed by atoms with Crippen molar-refractivity contribution in [2.75, 3.05) is 13.1 Å². The van der Waals surface area contributed by atoms with Gasteiger partial charge < -0.3 is 9.32 Å². The Morgan fingerprint density at radius 2 is 2.00 bits per heavy atom. The summed E-state index contributed by atoms with van der Waals surface area (Å²) in [5.41, 5.74) is 1.17. The molecular formula is C18H20N4O3. The Hall–Kier alpha value is -2.83. The van der Waals surface area contributed by atoms with Crippen molar-refractivity contribution in [1.82, 2.24) is 19.2 Å². The summed E-state index contributed by atoms with van der Waals surface area (Å²) in [6, 6.07) is 9.09. The summed E-state index contributed by atoms with van der Waals surface area (Å²) in [4.78, 5) is 26.4. The molecule has 0 N–H and O–H groups in total. The largest absolute Gasteiger partial charge is 0.420 e. The summed E-state index contributed by atoms with van der Waals surface area (Å²) >= 11 is 0. The van der Waals surface area contributed by atoms with Gasteiger partial charge in [0.25, 0.3) is 0 Å². The molecule has 0 spiro atoms. The number of para-hydroxylation sites is 2. The van der Waals surface area contributed by atoms with Gasteiger partial charge in [-0.1, -0.05) is 12.1 Å². The molecule has 1 amide bonds. The lowest BCUT2D eigenvalue weighted by Gasteiger charge is -2.32. The van der Waals surface area contributed by atoms with Crippen LogP contribution in [0.5, 0.6) is 0 Å². The van der Waals surface area contributed by atoms with Crippen molar-refractivity contribution in [2.24, 2.45) is 5.92 Å². The number of amides is 1. The van der Waals surface area contributed by atoms with Gasteiger partial charge in [-0.15, -0.1) is 0 Å². The van der Waals surface area contributed by atoms with E-state index in [1.165, 1.54) is 4.57 Å². The second kappa shape index (κ2) is 6.58. The third-order valence-corrected chi connectivity index (χ3v) is 4.84. The van der Waals surface area contributed by atoms with E-state index in [2.05, 4.69) is 5.10 Å². The molecule has 130 valence electrons. The molecule has 3 heterocycles. The fraction of sp³-hybridized carbons (Fsp3) is 0.389. The van der Waals surface area contributed by atoms with Gasteiger partial charge in [0.05, 0.1) is 5.52 Å². The number of likely N-dealkylation sites (tertiary alicyclic amines) is 1. The monoisotopic (exact) mass is 340 g/mol. The number of hydrogen-bond acceptors (Lipinski definition) is 4. The quantitative estimate of drug-likeness (QED) is 0.725. The lowest BCUT2D eigenvalue weighted by molar-refractivity contribution is -0.133. The minimum atomic E-state index is -0.483. The van der Waals surface area contributed by atoms with Crippen molar-refractivity contribution >= 4 is 17.0 Å². The van der Waals surface area contributed by atoms with E-state index in [0.29, 0.717) is 17.0 Å². The molecule has 1 aromatic carbocycles. The highest BCUT2D eigenvalue weighted by molar-refractivity contribution is 5.79. The predicted molar refractivity (Wildman–Crippen MR) is 92.0 cm³/mol. The number of benzene rings is 1. The van der Waals surface area contributed by atoms with Crippen LogP contribution in [0.2, 0.25) is 0 Å². The van der Waals surface area contributed by atoms with E-state index in [4.69, 9.17) is 4.42 Å². The van der Waals surface area contributed by atoms with Crippen molar-refractivity contribution in [3.63, 3.8) is 0 Å². The average molecular weight is 340 g/mol. The first kappa shape index (κ1) is 15.7. The summed E-state index contributed by atoms with van der Waals surface area (Å²) in [6.45, 7) is 2.35. The van der Waals surface area contributed by atoms with E-state index in [1.807, 2.05) is 34.0 Å². The number of aromatic nitrogens is 3. The fourth-order valence-corrected chi connectivity index (χ4v) is 3.44. The molecule has 7 nitrogen and oxygen atoms in total. The molecule has 1 saturated heterocycles. The van der Waals surface area contributed by atoms with E-state index in [1.54, 1.807) is 18.3 Å². The highest BCUT2D eigenvalue weighted by Gasteiger charge is 2.24. The van der Waals surface area contributed by atoms with E-state index < -0.39 is 5.76 Å². The molecule has 0 radical (unpaired) electrons. The van der Waals surface area contributed by atoms with Crippen LogP contribution in [0.1, 0.15) is 12.8 Å². The van der Waals surface area contributed by atoms with Crippen LogP contribution in [0.15, 0.2) is 51.9 Å². The number of hydrogen-bond donors (Lipinski definition) is 0. The smallest absolute Gasteiger partial charge is 0.408 e. The molecule has 7 heteroatoms. The maximum atomic E-state index is 12.6. The number of piperidine rings is 1. The molecule has 0 aliphatic carbocycles. The van der Waals surface area contributed by atoms with Gasteiger partial charge in [-0.25, -0.2) is 4.79 Å². The van der Waals surface area contributed by atoms with Crippen molar-refractivity contribution in [2.45, 2.75) is 25.9 Å². The van der Waals surface area contributed by atoms with Gasteiger partial charge >= 0.3 is 5.76 Å². The van der Waals surface area contributed by atoms with E-state index in [-0.39, 0.29) is 12.5 Å². The van der Waals surface area contributed by atoms with Crippen LogP contribution in [0.4, 0.5) is 0 Å². The first-order valence-corrected chi connectivity index (χ1v) is 8.54. The van der Waals surface area contributed by atoms with Crippen LogP contribution in [-0.4, -0.2) is 38.2 Å². The first-order chi connectivity index (χ1) is 12.2. The summed E-state index contributed by atoms with van der Waals surface area (Å²) in [5.74, 6) is 0.00994. The molecule has 4 rings (SSSR count). The van der Waals surface area contributed by atoms with Crippen LogP contribution in [0.25, 0.3) is 11.1 Å². The zero-order chi connectivity index (χ0) is 17.2. The Bertz CT molecular complexity index is 917. The average Bonchev–Trinajstić information content (AvgIpc) is 3.24. The summed E-state index contributed by atoms with van der Waals surface area (Å²) in [6.07, 6.45) is 5.65. The van der Waals surface area contributed by atoms with Gasteiger partial charge in [0.15, 0.2) is 5.58 Å². The van der Waals surface area contributed by atoms with Crippen molar-refractivity contribution in [1.29, 1.82) is 0 Å². The minimum Gasteiger partial charge on any atom is -0.408 e. The zero-order valence-corrected chi connectivity index (χ0v) is 13.9. The molecule has 3 aromatic rings. The highest BCUT2D eigenvalue weighted by Crippen LogP contribution is 2.19. The maximum absolute atomic E-state index is 12.6. The Kier molecular flexibility index (Phi) is 4.13. The predicted octanol–water partition coefficient (Wildman–Crippen LogP) is 1.73. The summed E-state index contributed by atoms with van der Waals surface area (Å²) in [5, 5.41) is 4.24.